The summed E-state index contributed by atoms with van der Waals surface area (Å²) < 4.78 is 5.87. The number of ketones is 1. The summed E-state index contributed by atoms with van der Waals surface area (Å²) in [6.07, 6.45) is 10.8. The number of phenols is 2. The van der Waals surface area contributed by atoms with Crippen molar-refractivity contribution in [3.05, 3.63) is 65.2 Å². The average Bonchev–Trinajstić information content (AvgIpc) is 2.75. The van der Waals surface area contributed by atoms with Crippen LogP contribution < -0.4 is 4.74 Å². The van der Waals surface area contributed by atoms with Gasteiger partial charge in [0.1, 0.15) is 5.75 Å². The molecule has 0 aliphatic rings. The standard InChI is InChI=1S/C28H38O4/c1-4-5-6-7-8-9-25(29)13-10-22-11-15-27(31)28(19-22)32-17-16-23-12-14-26(30)20-24(23)18-21(2)3/h8-9,11-12,14-15,19-21,30-31H,4-7,10,13,16-18H2,1-3H3. The van der Waals surface area contributed by atoms with E-state index in [1.54, 1.807) is 18.2 Å². The normalized spacial score (nSPS) is 11.4. The smallest absolute Gasteiger partial charge is 0.161 e. The Kier molecular flexibility index (Phi) is 10.9. The van der Waals surface area contributed by atoms with Gasteiger partial charge in [0.05, 0.1) is 6.61 Å². The van der Waals surface area contributed by atoms with Crippen molar-refractivity contribution in [2.24, 2.45) is 5.92 Å². The van der Waals surface area contributed by atoms with E-state index in [4.69, 9.17) is 4.74 Å². The minimum atomic E-state index is 0.101. The van der Waals surface area contributed by atoms with Crippen LogP contribution in [0.5, 0.6) is 17.2 Å². The molecule has 0 spiro atoms. The third kappa shape index (κ3) is 9.17. The molecule has 0 atom stereocenters. The number of aryl methyl sites for hydroxylation is 1. The van der Waals surface area contributed by atoms with Gasteiger partial charge < -0.3 is 14.9 Å². The monoisotopic (exact) mass is 438 g/mol. The van der Waals surface area contributed by atoms with E-state index < -0.39 is 0 Å². The van der Waals surface area contributed by atoms with Crippen LogP contribution in [0.4, 0.5) is 0 Å². The van der Waals surface area contributed by atoms with Gasteiger partial charge in [-0.25, -0.2) is 0 Å². The summed E-state index contributed by atoms with van der Waals surface area (Å²) in [5.74, 6) is 1.44. The van der Waals surface area contributed by atoms with Crippen LogP contribution in [-0.4, -0.2) is 22.6 Å². The van der Waals surface area contributed by atoms with Gasteiger partial charge in [-0.2, -0.15) is 0 Å². The van der Waals surface area contributed by atoms with E-state index >= 15 is 0 Å². The molecule has 0 amide bonds. The van der Waals surface area contributed by atoms with Crippen LogP contribution in [0.1, 0.15) is 69.6 Å². The highest BCUT2D eigenvalue weighted by Crippen LogP contribution is 2.28. The molecule has 174 valence electrons. The van der Waals surface area contributed by atoms with Crippen molar-refractivity contribution >= 4 is 5.78 Å². The highest BCUT2D eigenvalue weighted by Gasteiger charge is 2.09. The topological polar surface area (TPSA) is 66.8 Å². The fourth-order valence-corrected chi connectivity index (χ4v) is 3.66. The first kappa shape index (κ1) is 25.5. The number of hydrogen-bond donors (Lipinski definition) is 2. The number of phenolic OH excluding ortho intramolecular Hbond substituents is 2. The van der Waals surface area contributed by atoms with Crippen molar-refractivity contribution in [2.75, 3.05) is 6.61 Å². The average molecular weight is 439 g/mol. The Morgan fingerprint density at radius 2 is 1.84 bits per heavy atom. The third-order valence-corrected chi connectivity index (χ3v) is 5.41. The number of hydrogen-bond acceptors (Lipinski definition) is 4. The highest BCUT2D eigenvalue weighted by molar-refractivity contribution is 5.89. The molecule has 0 radical (unpaired) electrons. The van der Waals surface area contributed by atoms with Gasteiger partial charge in [-0.1, -0.05) is 51.8 Å². The first-order chi connectivity index (χ1) is 15.4. The first-order valence-corrected chi connectivity index (χ1v) is 11.8. The fourth-order valence-electron chi connectivity index (χ4n) is 3.66. The van der Waals surface area contributed by atoms with Crippen molar-refractivity contribution < 1.29 is 19.7 Å². The molecule has 0 aromatic heterocycles. The van der Waals surface area contributed by atoms with E-state index in [1.807, 2.05) is 30.3 Å². The molecule has 0 fully saturated rings. The maximum Gasteiger partial charge on any atom is 0.161 e. The lowest BCUT2D eigenvalue weighted by Crippen LogP contribution is -2.06. The van der Waals surface area contributed by atoms with Crippen LogP contribution in [0.3, 0.4) is 0 Å². The van der Waals surface area contributed by atoms with Gasteiger partial charge in [0.15, 0.2) is 17.3 Å². The van der Waals surface area contributed by atoms with E-state index in [-0.39, 0.29) is 17.3 Å². The van der Waals surface area contributed by atoms with Crippen LogP contribution in [0, 0.1) is 5.92 Å². The second-order valence-corrected chi connectivity index (χ2v) is 8.82. The molecule has 4 heteroatoms. The number of rotatable bonds is 14. The summed E-state index contributed by atoms with van der Waals surface area (Å²) in [7, 11) is 0. The second kappa shape index (κ2) is 13.6. The molecule has 0 saturated heterocycles. The van der Waals surface area contributed by atoms with Gasteiger partial charge in [-0.15, -0.1) is 0 Å². The van der Waals surface area contributed by atoms with Crippen LogP contribution in [0.15, 0.2) is 48.6 Å². The van der Waals surface area contributed by atoms with Crippen LogP contribution in [0.25, 0.3) is 0 Å². The molecule has 32 heavy (non-hydrogen) atoms. The molecule has 2 N–H and O–H groups in total. The minimum Gasteiger partial charge on any atom is -0.508 e. The molecule has 0 unspecified atom stereocenters. The van der Waals surface area contributed by atoms with E-state index in [1.165, 1.54) is 12.8 Å². The lowest BCUT2D eigenvalue weighted by Gasteiger charge is -2.14. The molecule has 0 saturated carbocycles. The fraction of sp³-hybridized carbons (Fsp3) is 0.464. The first-order valence-electron chi connectivity index (χ1n) is 11.8. The Bertz CT molecular complexity index is 883. The second-order valence-electron chi connectivity index (χ2n) is 8.82. The number of unbranched alkanes of at least 4 members (excludes halogenated alkanes) is 3. The zero-order chi connectivity index (χ0) is 23.3. The van der Waals surface area contributed by atoms with Crippen molar-refractivity contribution in [1.29, 1.82) is 0 Å². The summed E-state index contributed by atoms with van der Waals surface area (Å²) in [6, 6.07) is 10.7. The third-order valence-electron chi connectivity index (χ3n) is 5.41. The SMILES string of the molecule is CCCCCC=CC(=O)CCc1ccc(O)c(OCCc2ccc(O)cc2CC(C)C)c1. The Balaban J connectivity index is 1.89. The number of allylic oxidation sites excluding steroid dienone is 2. The summed E-state index contributed by atoms with van der Waals surface area (Å²) in [5, 5.41) is 20.0. The number of aromatic hydroxyl groups is 2. The van der Waals surface area contributed by atoms with Gasteiger partial charge in [-0.3, -0.25) is 4.79 Å². The summed E-state index contributed by atoms with van der Waals surface area (Å²) in [5.41, 5.74) is 3.24. The van der Waals surface area contributed by atoms with Crippen molar-refractivity contribution in [3.63, 3.8) is 0 Å². The van der Waals surface area contributed by atoms with Crippen LogP contribution in [0.2, 0.25) is 0 Å². The molecule has 0 aliphatic heterocycles. The Hall–Kier alpha value is -2.75. The molecule has 0 aliphatic carbocycles. The summed E-state index contributed by atoms with van der Waals surface area (Å²) in [4.78, 5) is 12.1. The predicted molar refractivity (Wildman–Crippen MR) is 131 cm³/mol. The maximum atomic E-state index is 12.1. The van der Waals surface area contributed by atoms with Crippen molar-refractivity contribution in [2.45, 2.75) is 72.1 Å². The summed E-state index contributed by atoms with van der Waals surface area (Å²) >= 11 is 0. The van der Waals surface area contributed by atoms with E-state index in [2.05, 4.69) is 20.8 Å². The van der Waals surface area contributed by atoms with Gasteiger partial charge >= 0.3 is 0 Å². The van der Waals surface area contributed by atoms with E-state index in [0.29, 0.717) is 37.5 Å². The Morgan fingerprint density at radius 1 is 1.03 bits per heavy atom. The van der Waals surface area contributed by atoms with Crippen molar-refractivity contribution in [3.8, 4) is 17.2 Å². The van der Waals surface area contributed by atoms with Gasteiger partial charge in [0.25, 0.3) is 0 Å². The lowest BCUT2D eigenvalue weighted by molar-refractivity contribution is -0.114. The Morgan fingerprint density at radius 3 is 2.59 bits per heavy atom. The number of carbonyl (C=O) groups excluding carboxylic acids is 1. The van der Waals surface area contributed by atoms with E-state index in [0.717, 1.165) is 36.0 Å². The van der Waals surface area contributed by atoms with Crippen LogP contribution in [-0.2, 0) is 24.1 Å². The van der Waals surface area contributed by atoms with Crippen molar-refractivity contribution in [1.82, 2.24) is 0 Å². The maximum absolute atomic E-state index is 12.1. The molecule has 2 aromatic rings. The minimum absolute atomic E-state index is 0.101. The lowest BCUT2D eigenvalue weighted by atomic mass is 9.96. The van der Waals surface area contributed by atoms with Gasteiger partial charge in [0, 0.05) is 12.8 Å². The summed E-state index contributed by atoms with van der Waals surface area (Å²) in [6.45, 7) is 6.90. The zero-order valence-electron chi connectivity index (χ0n) is 19.8. The molecule has 2 aromatic carbocycles. The van der Waals surface area contributed by atoms with Crippen LogP contribution >= 0.6 is 0 Å². The molecule has 0 bridgehead atoms. The molecular formula is C28H38O4. The van der Waals surface area contributed by atoms with E-state index in [9.17, 15) is 15.0 Å². The molecule has 4 nitrogen and oxygen atoms in total. The zero-order valence-corrected chi connectivity index (χ0v) is 19.8. The molecule has 2 rings (SSSR count). The number of benzene rings is 2. The molecular weight excluding hydrogens is 400 g/mol. The Labute approximate surface area is 193 Å². The highest BCUT2D eigenvalue weighted by atomic mass is 16.5. The predicted octanol–water partition coefficient (Wildman–Crippen LogP) is 6.56. The number of carbonyl (C=O) groups is 1. The largest absolute Gasteiger partial charge is 0.508 e. The van der Waals surface area contributed by atoms with Gasteiger partial charge in [-0.05, 0) is 78.6 Å². The molecule has 0 heterocycles. The van der Waals surface area contributed by atoms with Gasteiger partial charge in [0.2, 0.25) is 0 Å². The number of ether oxygens (including phenoxy) is 1. The quantitative estimate of drug-likeness (QED) is 0.259.